The first-order valence-corrected chi connectivity index (χ1v) is 9.58. The van der Waals surface area contributed by atoms with Crippen molar-refractivity contribution in [1.82, 2.24) is 24.3 Å². The highest BCUT2D eigenvalue weighted by Crippen LogP contribution is 2.23. The third-order valence-electron chi connectivity index (χ3n) is 4.10. The molecule has 8 nitrogen and oxygen atoms in total. The van der Waals surface area contributed by atoms with Gasteiger partial charge in [0, 0.05) is 12.1 Å². The Hall–Kier alpha value is -3.30. The van der Waals surface area contributed by atoms with Crippen LogP contribution in [0.25, 0.3) is 16.8 Å². The molecule has 0 fully saturated rings. The van der Waals surface area contributed by atoms with Crippen molar-refractivity contribution in [1.29, 1.82) is 0 Å². The summed E-state index contributed by atoms with van der Waals surface area (Å²) in [4.78, 5) is 18.4. The lowest BCUT2D eigenvalue weighted by Gasteiger charge is -2.07. The molecule has 27 heavy (non-hydrogen) atoms. The molecule has 0 radical (unpaired) electrons. The Bertz CT molecular complexity index is 1250. The fourth-order valence-corrected chi connectivity index (χ4v) is 3.72. The van der Waals surface area contributed by atoms with E-state index in [-0.39, 0.29) is 11.4 Å². The van der Waals surface area contributed by atoms with Gasteiger partial charge in [-0.1, -0.05) is 42.5 Å². The Morgan fingerprint density at radius 3 is 2.52 bits per heavy atom. The maximum Gasteiger partial charge on any atom is 0.349 e. The molecule has 0 atom stereocenters. The maximum atomic E-state index is 12.5. The molecule has 2 heterocycles. The van der Waals surface area contributed by atoms with Crippen molar-refractivity contribution < 1.29 is 8.42 Å². The van der Waals surface area contributed by atoms with Crippen molar-refractivity contribution in [3.63, 3.8) is 0 Å². The third kappa shape index (κ3) is 3.37. The summed E-state index contributed by atoms with van der Waals surface area (Å²) in [5, 5.41) is 4.01. The zero-order chi connectivity index (χ0) is 18.9. The van der Waals surface area contributed by atoms with Crippen LogP contribution in [-0.2, 0) is 16.6 Å². The first kappa shape index (κ1) is 17.1. The minimum absolute atomic E-state index is 0.157. The van der Waals surface area contributed by atoms with E-state index >= 15 is 0 Å². The SMILES string of the molecule is O=c1[nH]cnc2c(-c3ccc(S(=O)(=O)NCc4ccccc4)cc3)cnn12. The molecule has 2 N–H and O–H groups in total. The second-order valence-electron chi connectivity index (χ2n) is 5.84. The Kier molecular flexibility index (Phi) is 4.30. The Labute approximate surface area is 154 Å². The average molecular weight is 381 g/mol. The van der Waals surface area contributed by atoms with Gasteiger partial charge in [0.1, 0.15) is 0 Å². The summed E-state index contributed by atoms with van der Waals surface area (Å²) >= 11 is 0. The smallest absolute Gasteiger partial charge is 0.296 e. The van der Waals surface area contributed by atoms with E-state index in [0.717, 1.165) is 10.1 Å². The Balaban J connectivity index is 1.59. The molecular weight excluding hydrogens is 366 g/mol. The Morgan fingerprint density at radius 1 is 1.04 bits per heavy atom. The molecule has 0 spiro atoms. The van der Waals surface area contributed by atoms with E-state index < -0.39 is 15.7 Å². The van der Waals surface area contributed by atoms with Gasteiger partial charge < -0.3 is 0 Å². The minimum Gasteiger partial charge on any atom is -0.296 e. The van der Waals surface area contributed by atoms with Gasteiger partial charge in [-0.3, -0.25) is 4.98 Å². The van der Waals surface area contributed by atoms with Crippen LogP contribution in [-0.4, -0.2) is 28.0 Å². The van der Waals surface area contributed by atoms with Crippen LogP contribution in [0.1, 0.15) is 5.56 Å². The van der Waals surface area contributed by atoms with Gasteiger partial charge in [-0.05, 0) is 23.3 Å². The second kappa shape index (κ2) is 6.78. The lowest BCUT2D eigenvalue weighted by atomic mass is 10.1. The molecule has 0 saturated carbocycles. The van der Waals surface area contributed by atoms with Crippen LogP contribution in [0.3, 0.4) is 0 Å². The predicted molar refractivity (Wildman–Crippen MR) is 99.5 cm³/mol. The molecule has 136 valence electrons. The maximum absolute atomic E-state index is 12.5. The molecule has 0 aliphatic heterocycles. The van der Waals surface area contributed by atoms with Crippen molar-refractivity contribution in [3.8, 4) is 11.1 Å². The van der Waals surface area contributed by atoms with Crippen molar-refractivity contribution in [2.75, 3.05) is 0 Å². The monoisotopic (exact) mass is 381 g/mol. The first-order chi connectivity index (χ1) is 13.0. The van der Waals surface area contributed by atoms with Crippen LogP contribution < -0.4 is 10.4 Å². The van der Waals surface area contributed by atoms with Gasteiger partial charge in [-0.25, -0.2) is 22.9 Å². The fraction of sp³-hybridized carbons (Fsp3) is 0.0556. The summed E-state index contributed by atoms with van der Waals surface area (Å²) in [6, 6.07) is 15.6. The molecule has 4 aromatic rings. The highest BCUT2D eigenvalue weighted by Gasteiger charge is 2.15. The molecule has 0 unspecified atom stereocenters. The van der Waals surface area contributed by atoms with E-state index in [0.29, 0.717) is 16.8 Å². The summed E-state index contributed by atoms with van der Waals surface area (Å²) < 4.78 is 28.7. The summed E-state index contributed by atoms with van der Waals surface area (Å²) in [7, 11) is -3.63. The summed E-state index contributed by atoms with van der Waals surface area (Å²) in [5.41, 5.74) is 2.24. The number of fused-ring (bicyclic) bond motifs is 1. The fourth-order valence-electron chi connectivity index (χ4n) is 2.70. The number of rotatable bonds is 5. The number of nitrogens with zero attached hydrogens (tertiary/aromatic N) is 3. The van der Waals surface area contributed by atoms with E-state index in [1.165, 1.54) is 24.7 Å². The molecule has 9 heteroatoms. The number of aromatic amines is 1. The zero-order valence-electron chi connectivity index (χ0n) is 14.0. The largest absolute Gasteiger partial charge is 0.349 e. The number of aromatic nitrogens is 4. The van der Waals surface area contributed by atoms with E-state index in [9.17, 15) is 13.2 Å². The van der Waals surface area contributed by atoms with Crippen molar-refractivity contribution in [2.45, 2.75) is 11.4 Å². The van der Waals surface area contributed by atoms with Crippen molar-refractivity contribution in [3.05, 3.63) is 83.2 Å². The number of hydrogen-bond donors (Lipinski definition) is 2. The summed E-state index contributed by atoms with van der Waals surface area (Å²) in [6.45, 7) is 0.214. The molecular formula is C18H15N5O3S. The predicted octanol–water partition coefficient (Wildman–Crippen LogP) is 1.56. The number of nitrogens with one attached hydrogen (secondary N) is 2. The molecule has 0 aliphatic rings. The van der Waals surface area contributed by atoms with E-state index in [1.807, 2.05) is 30.3 Å². The van der Waals surface area contributed by atoms with Gasteiger partial charge in [0.2, 0.25) is 10.0 Å². The molecule has 2 aromatic carbocycles. The number of H-pyrrole nitrogens is 1. The topological polar surface area (TPSA) is 109 Å². The molecule has 0 saturated heterocycles. The minimum atomic E-state index is -3.63. The van der Waals surface area contributed by atoms with Gasteiger partial charge in [-0.15, -0.1) is 0 Å². The summed E-state index contributed by atoms with van der Waals surface area (Å²) in [6.07, 6.45) is 2.82. The lowest BCUT2D eigenvalue weighted by Crippen LogP contribution is -2.23. The normalized spacial score (nSPS) is 11.7. The number of hydrogen-bond acceptors (Lipinski definition) is 5. The van der Waals surface area contributed by atoms with Crippen LogP contribution in [0.5, 0.6) is 0 Å². The van der Waals surface area contributed by atoms with Crippen molar-refractivity contribution >= 4 is 15.7 Å². The molecule has 0 aliphatic carbocycles. The average Bonchev–Trinajstić information content (AvgIpc) is 3.13. The molecule has 0 amide bonds. The van der Waals surface area contributed by atoms with Crippen LogP contribution >= 0.6 is 0 Å². The zero-order valence-corrected chi connectivity index (χ0v) is 14.8. The highest BCUT2D eigenvalue weighted by molar-refractivity contribution is 7.89. The van der Waals surface area contributed by atoms with Crippen LogP contribution in [0, 0.1) is 0 Å². The second-order valence-corrected chi connectivity index (χ2v) is 7.60. The lowest BCUT2D eigenvalue weighted by molar-refractivity contribution is 0.581. The number of sulfonamides is 1. The Morgan fingerprint density at radius 2 is 1.78 bits per heavy atom. The van der Waals surface area contributed by atoms with Gasteiger partial charge in [-0.2, -0.15) is 9.61 Å². The van der Waals surface area contributed by atoms with E-state index in [4.69, 9.17) is 0 Å². The third-order valence-corrected chi connectivity index (χ3v) is 5.51. The molecule has 4 rings (SSSR count). The molecule has 2 aromatic heterocycles. The van der Waals surface area contributed by atoms with Gasteiger partial charge >= 0.3 is 5.69 Å². The van der Waals surface area contributed by atoms with Crippen molar-refractivity contribution in [2.24, 2.45) is 0 Å². The standard InChI is InChI=1S/C18H15N5O3S/c24-18-20-12-19-17-16(11-21-23(17)18)14-6-8-15(9-7-14)27(25,26)22-10-13-4-2-1-3-5-13/h1-9,11-12,22H,10H2,(H,19,20,24). The van der Waals surface area contributed by atoms with E-state index in [2.05, 4.69) is 19.8 Å². The first-order valence-electron chi connectivity index (χ1n) is 8.10. The highest BCUT2D eigenvalue weighted by atomic mass is 32.2. The van der Waals surface area contributed by atoms with Gasteiger partial charge in [0.05, 0.1) is 17.4 Å². The quantitative estimate of drug-likeness (QED) is 0.545. The summed E-state index contributed by atoms with van der Waals surface area (Å²) in [5.74, 6) is 0. The van der Waals surface area contributed by atoms with Crippen LogP contribution in [0.2, 0.25) is 0 Å². The molecule has 0 bridgehead atoms. The number of benzene rings is 2. The van der Waals surface area contributed by atoms with Gasteiger partial charge in [0.25, 0.3) is 0 Å². The van der Waals surface area contributed by atoms with E-state index in [1.54, 1.807) is 12.1 Å². The van der Waals surface area contributed by atoms with Gasteiger partial charge in [0.15, 0.2) is 5.65 Å². The van der Waals surface area contributed by atoms with Crippen LogP contribution in [0.4, 0.5) is 0 Å². The van der Waals surface area contributed by atoms with Crippen LogP contribution in [0.15, 0.2) is 76.8 Å².